The monoisotopic (exact) mass is 323 g/mol. The lowest BCUT2D eigenvalue weighted by Crippen LogP contribution is -2.15. The van der Waals surface area contributed by atoms with E-state index in [1.165, 1.54) is 0 Å². The maximum Gasteiger partial charge on any atom is 0.133 e. The van der Waals surface area contributed by atoms with Gasteiger partial charge in [-0.15, -0.1) is 0 Å². The molecule has 2 aromatic rings. The van der Waals surface area contributed by atoms with E-state index in [2.05, 4.69) is 27.1 Å². The van der Waals surface area contributed by atoms with Crippen molar-refractivity contribution in [3.63, 3.8) is 0 Å². The second-order valence-electron chi connectivity index (χ2n) is 4.61. The van der Waals surface area contributed by atoms with Gasteiger partial charge in [-0.05, 0) is 46.6 Å². The van der Waals surface area contributed by atoms with Crippen LogP contribution in [0.15, 0.2) is 28.7 Å². The van der Waals surface area contributed by atoms with E-state index < -0.39 is 0 Å². The van der Waals surface area contributed by atoms with Gasteiger partial charge in [0.05, 0.1) is 17.3 Å². The van der Waals surface area contributed by atoms with Crippen molar-refractivity contribution in [2.75, 3.05) is 7.11 Å². The number of halogens is 1. The van der Waals surface area contributed by atoms with Gasteiger partial charge >= 0.3 is 0 Å². The highest BCUT2D eigenvalue weighted by Crippen LogP contribution is 2.28. The summed E-state index contributed by atoms with van der Waals surface area (Å²) in [4.78, 5) is 0. The molecule has 0 aliphatic heterocycles. The fourth-order valence-corrected chi connectivity index (χ4v) is 2.67. The molecular formula is C14H18BrN3O. The predicted molar refractivity (Wildman–Crippen MR) is 79.3 cm³/mol. The van der Waals surface area contributed by atoms with Gasteiger partial charge in [-0.1, -0.05) is 6.07 Å². The predicted octanol–water partition coefficient (Wildman–Crippen LogP) is 2.74. The first-order valence-corrected chi connectivity index (χ1v) is 6.89. The Balaban J connectivity index is 2.18. The summed E-state index contributed by atoms with van der Waals surface area (Å²) in [6, 6.07) is 7.94. The van der Waals surface area contributed by atoms with Crippen LogP contribution in [-0.4, -0.2) is 16.9 Å². The Bertz CT molecular complexity index is 580. The average Bonchev–Trinajstić information content (AvgIpc) is 2.67. The van der Waals surface area contributed by atoms with E-state index in [1.54, 1.807) is 7.11 Å². The van der Waals surface area contributed by atoms with Crippen LogP contribution in [-0.2, 0) is 13.5 Å². The number of rotatable bonds is 4. The van der Waals surface area contributed by atoms with E-state index in [0.29, 0.717) is 0 Å². The van der Waals surface area contributed by atoms with Gasteiger partial charge in [0.25, 0.3) is 0 Å². The highest BCUT2D eigenvalue weighted by molar-refractivity contribution is 9.10. The zero-order chi connectivity index (χ0) is 14.0. The zero-order valence-corrected chi connectivity index (χ0v) is 12.9. The normalized spacial score (nSPS) is 12.5. The first kappa shape index (κ1) is 14.1. The fraction of sp³-hybridized carbons (Fsp3) is 0.357. The van der Waals surface area contributed by atoms with Crippen molar-refractivity contribution < 1.29 is 4.74 Å². The van der Waals surface area contributed by atoms with Crippen molar-refractivity contribution in [1.29, 1.82) is 0 Å². The third-order valence-electron chi connectivity index (χ3n) is 3.13. The number of benzene rings is 1. The Hall–Kier alpha value is -1.33. The summed E-state index contributed by atoms with van der Waals surface area (Å²) in [5.41, 5.74) is 9.49. The molecule has 1 aromatic carbocycles. The van der Waals surface area contributed by atoms with Crippen molar-refractivity contribution >= 4 is 15.9 Å². The first-order valence-electron chi connectivity index (χ1n) is 6.09. The van der Waals surface area contributed by atoms with E-state index >= 15 is 0 Å². The molecule has 0 aliphatic carbocycles. The van der Waals surface area contributed by atoms with Crippen LogP contribution >= 0.6 is 15.9 Å². The lowest BCUT2D eigenvalue weighted by Gasteiger charge is -2.13. The Kier molecular flexibility index (Phi) is 4.27. The minimum Gasteiger partial charge on any atom is -0.496 e. The van der Waals surface area contributed by atoms with Crippen LogP contribution in [0, 0.1) is 6.92 Å². The van der Waals surface area contributed by atoms with Gasteiger partial charge in [-0.25, -0.2) is 0 Å². The Labute approximate surface area is 121 Å². The molecule has 4 nitrogen and oxygen atoms in total. The van der Waals surface area contributed by atoms with Gasteiger partial charge in [-0.2, -0.15) is 5.10 Å². The molecule has 0 amide bonds. The van der Waals surface area contributed by atoms with Gasteiger partial charge in [-0.3, -0.25) is 4.68 Å². The summed E-state index contributed by atoms with van der Waals surface area (Å²) >= 11 is 3.48. The molecule has 0 aliphatic rings. The molecule has 0 bridgehead atoms. The van der Waals surface area contributed by atoms with Crippen LogP contribution in [0.3, 0.4) is 0 Å². The van der Waals surface area contributed by atoms with Crippen molar-refractivity contribution in [3.8, 4) is 5.75 Å². The number of nitrogens with two attached hydrogens (primary N) is 1. The van der Waals surface area contributed by atoms with Crippen molar-refractivity contribution in [2.45, 2.75) is 19.4 Å². The van der Waals surface area contributed by atoms with Gasteiger partial charge in [0.1, 0.15) is 5.75 Å². The number of hydrogen-bond donors (Lipinski definition) is 1. The molecule has 5 heteroatoms. The molecule has 2 rings (SSSR count). The van der Waals surface area contributed by atoms with E-state index in [1.807, 2.05) is 36.9 Å². The molecule has 0 radical (unpaired) electrons. The maximum absolute atomic E-state index is 6.26. The first-order chi connectivity index (χ1) is 9.01. The number of ether oxygens (including phenoxy) is 1. The largest absolute Gasteiger partial charge is 0.496 e. The van der Waals surface area contributed by atoms with Crippen LogP contribution in [0.1, 0.15) is 23.0 Å². The topological polar surface area (TPSA) is 53.1 Å². The van der Waals surface area contributed by atoms with Crippen LogP contribution < -0.4 is 10.5 Å². The summed E-state index contributed by atoms with van der Waals surface area (Å²) in [7, 11) is 3.59. The molecular weight excluding hydrogens is 306 g/mol. The standard InChI is InChI=1S/C14H18BrN3O/c1-9-6-11(18(2)17-9)8-13(16)10-4-5-14(19-3)12(15)7-10/h4-7,13H,8,16H2,1-3H3. The van der Waals surface area contributed by atoms with Crippen molar-refractivity contribution in [3.05, 3.63) is 45.7 Å². The highest BCUT2D eigenvalue weighted by Gasteiger charge is 2.12. The van der Waals surface area contributed by atoms with Gasteiger partial charge in [0, 0.05) is 25.2 Å². The summed E-state index contributed by atoms with van der Waals surface area (Å²) in [6.07, 6.45) is 0.760. The molecule has 1 unspecified atom stereocenters. The van der Waals surface area contributed by atoms with Gasteiger partial charge in [0.15, 0.2) is 0 Å². The summed E-state index contributed by atoms with van der Waals surface area (Å²) in [5.74, 6) is 0.812. The molecule has 1 aromatic heterocycles. The summed E-state index contributed by atoms with van der Waals surface area (Å²) < 4.78 is 8.02. The minimum absolute atomic E-state index is 0.0583. The Morgan fingerprint density at radius 2 is 2.16 bits per heavy atom. The molecule has 0 saturated carbocycles. The van der Waals surface area contributed by atoms with E-state index in [-0.39, 0.29) is 6.04 Å². The molecule has 1 heterocycles. The van der Waals surface area contributed by atoms with Crippen molar-refractivity contribution in [2.24, 2.45) is 12.8 Å². The van der Waals surface area contributed by atoms with Gasteiger partial charge < -0.3 is 10.5 Å². The van der Waals surface area contributed by atoms with Crippen LogP contribution in [0.4, 0.5) is 0 Å². The van der Waals surface area contributed by atoms with Crippen LogP contribution in [0.2, 0.25) is 0 Å². The smallest absolute Gasteiger partial charge is 0.133 e. The lowest BCUT2D eigenvalue weighted by molar-refractivity contribution is 0.412. The van der Waals surface area contributed by atoms with E-state index in [0.717, 1.165) is 33.6 Å². The second-order valence-corrected chi connectivity index (χ2v) is 5.46. The number of methoxy groups -OCH3 is 1. The molecule has 1 atom stereocenters. The third-order valence-corrected chi connectivity index (χ3v) is 3.75. The SMILES string of the molecule is COc1ccc(C(N)Cc2cc(C)nn2C)cc1Br. The molecule has 19 heavy (non-hydrogen) atoms. The maximum atomic E-state index is 6.26. The molecule has 2 N–H and O–H groups in total. The Morgan fingerprint density at radius 1 is 1.42 bits per heavy atom. The molecule has 0 saturated heterocycles. The second kappa shape index (κ2) is 5.75. The lowest BCUT2D eigenvalue weighted by atomic mass is 10.0. The summed E-state index contributed by atoms with van der Waals surface area (Å²) in [5, 5.41) is 4.33. The average molecular weight is 324 g/mol. The quantitative estimate of drug-likeness (QED) is 0.941. The number of aromatic nitrogens is 2. The minimum atomic E-state index is -0.0583. The molecule has 0 fully saturated rings. The van der Waals surface area contributed by atoms with Crippen LogP contribution in [0.25, 0.3) is 0 Å². The number of nitrogens with zero attached hydrogens (tertiary/aromatic N) is 2. The zero-order valence-electron chi connectivity index (χ0n) is 11.4. The van der Waals surface area contributed by atoms with Crippen molar-refractivity contribution in [1.82, 2.24) is 9.78 Å². The number of hydrogen-bond acceptors (Lipinski definition) is 3. The summed E-state index contributed by atoms with van der Waals surface area (Å²) in [6.45, 7) is 1.99. The van der Waals surface area contributed by atoms with E-state index in [9.17, 15) is 0 Å². The highest BCUT2D eigenvalue weighted by atomic mass is 79.9. The molecule has 102 valence electrons. The Morgan fingerprint density at radius 3 is 2.68 bits per heavy atom. The third kappa shape index (κ3) is 3.16. The van der Waals surface area contributed by atoms with Crippen LogP contribution in [0.5, 0.6) is 5.75 Å². The van der Waals surface area contributed by atoms with Gasteiger partial charge in [0.2, 0.25) is 0 Å². The molecule has 0 spiro atoms. The number of aryl methyl sites for hydroxylation is 2. The van der Waals surface area contributed by atoms with E-state index in [4.69, 9.17) is 10.5 Å². The fourth-order valence-electron chi connectivity index (χ4n) is 2.11.